The van der Waals surface area contributed by atoms with Gasteiger partial charge < -0.3 is 5.32 Å². The van der Waals surface area contributed by atoms with Crippen LogP contribution in [0.25, 0.3) is 0 Å². The summed E-state index contributed by atoms with van der Waals surface area (Å²) in [5, 5.41) is 3.90. The van der Waals surface area contributed by atoms with E-state index in [1.165, 1.54) is 0 Å². The maximum absolute atomic E-state index is 12.3. The van der Waals surface area contributed by atoms with Crippen LogP contribution in [-0.4, -0.2) is 5.91 Å². The molecule has 0 radical (unpaired) electrons. The summed E-state index contributed by atoms with van der Waals surface area (Å²) in [6.07, 6.45) is 0. The van der Waals surface area contributed by atoms with Crippen molar-refractivity contribution in [3.05, 3.63) is 66.5 Å². The zero-order valence-electron chi connectivity index (χ0n) is 11.0. The van der Waals surface area contributed by atoms with E-state index in [0.29, 0.717) is 15.6 Å². The van der Waals surface area contributed by atoms with Gasteiger partial charge in [-0.25, -0.2) is 0 Å². The van der Waals surface area contributed by atoms with Gasteiger partial charge in [-0.05, 0) is 58.7 Å². The first-order valence-electron chi connectivity index (χ1n) is 6.09. The van der Waals surface area contributed by atoms with Crippen LogP contribution in [-0.2, 0) is 0 Å². The molecule has 0 heterocycles. The fourth-order valence-electron chi connectivity index (χ4n) is 1.81. The van der Waals surface area contributed by atoms with E-state index in [9.17, 15) is 4.79 Å². The molecule has 0 spiro atoms. The second-order valence-corrected chi connectivity index (χ2v) is 7.08. The van der Waals surface area contributed by atoms with Gasteiger partial charge in [0, 0.05) is 8.95 Å². The minimum atomic E-state index is -0.182. The van der Waals surface area contributed by atoms with E-state index < -0.39 is 0 Å². The van der Waals surface area contributed by atoms with E-state index in [1.54, 1.807) is 18.2 Å². The molecule has 110 valence electrons. The topological polar surface area (TPSA) is 29.1 Å². The molecule has 1 unspecified atom stereocenters. The first-order chi connectivity index (χ1) is 9.88. The quantitative estimate of drug-likeness (QED) is 0.608. The standard InChI is InChI=1S/C15H11Br2Cl2NO/c1-8(9-2-5-13(18)14(19)6-9)20-15(21)11-7-10(16)3-4-12(11)17/h2-8H,1H3,(H,20,21). The van der Waals surface area contributed by atoms with Gasteiger partial charge in [0.25, 0.3) is 5.91 Å². The summed E-state index contributed by atoms with van der Waals surface area (Å²) in [6.45, 7) is 1.89. The number of hydrogen-bond donors (Lipinski definition) is 1. The summed E-state index contributed by atoms with van der Waals surface area (Å²) in [6, 6.07) is 10.6. The molecule has 1 N–H and O–H groups in total. The van der Waals surface area contributed by atoms with Crippen LogP contribution in [0.4, 0.5) is 0 Å². The van der Waals surface area contributed by atoms with Crippen molar-refractivity contribution in [1.82, 2.24) is 5.32 Å². The normalized spacial score (nSPS) is 12.0. The lowest BCUT2D eigenvalue weighted by molar-refractivity contribution is 0.0939. The highest BCUT2D eigenvalue weighted by Crippen LogP contribution is 2.26. The lowest BCUT2D eigenvalue weighted by atomic mass is 10.1. The number of nitrogens with one attached hydrogen (secondary N) is 1. The van der Waals surface area contributed by atoms with Crippen LogP contribution in [0.2, 0.25) is 10.0 Å². The summed E-state index contributed by atoms with van der Waals surface area (Å²) >= 11 is 18.6. The average molecular weight is 452 g/mol. The summed E-state index contributed by atoms with van der Waals surface area (Å²) in [5.74, 6) is -0.165. The van der Waals surface area contributed by atoms with Crippen molar-refractivity contribution >= 4 is 61.0 Å². The summed E-state index contributed by atoms with van der Waals surface area (Å²) in [4.78, 5) is 12.3. The number of benzene rings is 2. The highest BCUT2D eigenvalue weighted by atomic mass is 79.9. The molecule has 2 aromatic carbocycles. The molecule has 2 nitrogen and oxygen atoms in total. The third-order valence-electron chi connectivity index (χ3n) is 2.96. The van der Waals surface area contributed by atoms with Gasteiger partial charge in [-0.2, -0.15) is 0 Å². The molecule has 0 aliphatic rings. The van der Waals surface area contributed by atoms with Crippen molar-refractivity contribution in [2.24, 2.45) is 0 Å². The zero-order chi connectivity index (χ0) is 15.6. The lowest BCUT2D eigenvalue weighted by Crippen LogP contribution is -2.27. The fraction of sp³-hybridized carbons (Fsp3) is 0.133. The Hall–Kier alpha value is -0.550. The number of carbonyl (C=O) groups excluding carboxylic acids is 1. The Kier molecular flexibility index (Phi) is 5.72. The van der Waals surface area contributed by atoms with Gasteiger partial charge in [0.1, 0.15) is 0 Å². The predicted octanol–water partition coefficient (Wildman–Crippen LogP) is 6.01. The van der Waals surface area contributed by atoms with Crippen molar-refractivity contribution in [3.63, 3.8) is 0 Å². The minimum Gasteiger partial charge on any atom is -0.345 e. The second-order valence-electron chi connectivity index (χ2n) is 4.49. The predicted molar refractivity (Wildman–Crippen MR) is 94.2 cm³/mol. The SMILES string of the molecule is CC(NC(=O)c1cc(Br)ccc1Br)c1ccc(Cl)c(Cl)c1. The highest BCUT2D eigenvalue weighted by molar-refractivity contribution is 9.11. The van der Waals surface area contributed by atoms with E-state index in [1.807, 2.05) is 25.1 Å². The Morgan fingerprint density at radius 3 is 2.48 bits per heavy atom. The Labute approximate surface area is 150 Å². The van der Waals surface area contributed by atoms with Crippen molar-refractivity contribution < 1.29 is 4.79 Å². The first kappa shape index (κ1) is 16.8. The Balaban J connectivity index is 2.18. The van der Waals surface area contributed by atoms with Gasteiger partial charge in [-0.1, -0.05) is 45.2 Å². The number of carbonyl (C=O) groups is 1. The van der Waals surface area contributed by atoms with Gasteiger partial charge in [0.15, 0.2) is 0 Å². The Morgan fingerprint density at radius 2 is 1.81 bits per heavy atom. The van der Waals surface area contributed by atoms with E-state index in [2.05, 4.69) is 37.2 Å². The number of hydrogen-bond acceptors (Lipinski definition) is 1. The molecule has 0 bridgehead atoms. The van der Waals surface area contributed by atoms with Crippen LogP contribution < -0.4 is 5.32 Å². The number of amides is 1. The maximum atomic E-state index is 12.3. The number of rotatable bonds is 3. The van der Waals surface area contributed by atoms with Crippen molar-refractivity contribution in [2.45, 2.75) is 13.0 Å². The van der Waals surface area contributed by atoms with Gasteiger partial charge >= 0.3 is 0 Å². The third kappa shape index (κ3) is 4.22. The minimum absolute atomic E-state index is 0.165. The molecule has 0 aliphatic heterocycles. The molecule has 2 rings (SSSR count). The second kappa shape index (κ2) is 7.14. The Bertz CT molecular complexity index is 691. The molecule has 0 aromatic heterocycles. The van der Waals surface area contributed by atoms with Crippen molar-refractivity contribution in [3.8, 4) is 0 Å². The summed E-state index contributed by atoms with van der Waals surface area (Å²) < 4.78 is 1.59. The lowest BCUT2D eigenvalue weighted by Gasteiger charge is -2.16. The molecule has 2 aromatic rings. The maximum Gasteiger partial charge on any atom is 0.252 e. The van der Waals surface area contributed by atoms with Crippen molar-refractivity contribution in [2.75, 3.05) is 0 Å². The van der Waals surface area contributed by atoms with Gasteiger partial charge in [-0.3, -0.25) is 4.79 Å². The average Bonchev–Trinajstić information content (AvgIpc) is 2.44. The Morgan fingerprint density at radius 1 is 1.10 bits per heavy atom. The molecular formula is C15H11Br2Cl2NO. The van der Waals surface area contributed by atoms with Crippen molar-refractivity contribution in [1.29, 1.82) is 0 Å². The molecule has 1 atom stereocenters. The van der Waals surface area contributed by atoms with E-state index in [0.717, 1.165) is 14.5 Å². The van der Waals surface area contributed by atoms with Crippen LogP contribution in [0, 0.1) is 0 Å². The van der Waals surface area contributed by atoms with Crippen LogP contribution in [0.1, 0.15) is 28.9 Å². The molecule has 21 heavy (non-hydrogen) atoms. The van der Waals surface area contributed by atoms with Gasteiger partial charge in [0.05, 0.1) is 21.7 Å². The van der Waals surface area contributed by atoms with Gasteiger partial charge in [0.2, 0.25) is 0 Å². The molecule has 6 heteroatoms. The molecular weight excluding hydrogens is 441 g/mol. The van der Waals surface area contributed by atoms with Gasteiger partial charge in [-0.15, -0.1) is 0 Å². The van der Waals surface area contributed by atoms with E-state index in [4.69, 9.17) is 23.2 Å². The smallest absolute Gasteiger partial charge is 0.252 e. The molecule has 0 saturated heterocycles. The molecule has 1 amide bonds. The summed E-state index contributed by atoms with van der Waals surface area (Å²) in [5.41, 5.74) is 1.46. The monoisotopic (exact) mass is 449 g/mol. The van der Waals surface area contributed by atoms with E-state index in [-0.39, 0.29) is 11.9 Å². The van der Waals surface area contributed by atoms with Crippen LogP contribution >= 0.6 is 55.1 Å². The zero-order valence-corrected chi connectivity index (χ0v) is 15.6. The van der Waals surface area contributed by atoms with Crippen LogP contribution in [0.3, 0.4) is 0 Å². The molecule has 0 saturated carbocycles. The van der Waals surface area contributed by atoms with Crippen LogP contribution in [0.5, 0.6) is 0 Å². The highest BCUT2D eigenvalue weighted by Gasteiger charge is 2.15. The molecule has 0 aliphatic carbocycles. The van der Waals surface area contributed by atoms with Crippen LogP contribution in [0.15, 0.2) is 45.3 Å². The third-order valence-corrected chi connectivity index (χ3v) is 4.89. The largest absolute Gasteiger partial charge is 0.345 e. The number of halogens is 4. The van der Waals surface area contributed by atoms with E-state index >= 15 is 0 Å². The molecule has 0 fully saturated rings. The summed E-state index contributed by atoms with van der Waals surface area (Å²) in [7, 11) is 0. The fourth-order valence-corrected chi connectivity index (χ4v) is 2.91. The first-order valence-corrected chi connectivity index (χ1v) is 8.43.